The molecule has 1 amide bonds. The fourth-order valence-electron chi connectivity index (χ4n) is 2.80. The van der Waals surface area contributed by atoms with Crippen molar-refractivity contribution in [2.75, 3.05) is 5.32 Å². The lowest BCUT2D eigenvalue weighted by atomic mass is 10.1. The topological polar surface area (TPSA) is 72.7 Å². The zero-order chi connectivity index (χ0) is 18.3. The van der Waals surface area contributed by atoms with Crippen molar-refractivity contribution in [1.29, 1.82) is 0 Å². The number of aromatic nitrogens is 4. The normalized spacial score (nSPS) is 11.0. The fourth-order valence-corrected chi connectivity index (χ4v) is 3.89. The van der Waals surface area contributed by atoms with E-state index < -0.39 is 0 Å². The highest BCUT2D eigenvalue weighted by Gasteiger charge is 2.16. The number of hydrogen-bond acceptors (Lipinski definition) is 5. The van der Waals surface area contributed by atoms with E-state index in [-0.39, 0.29) is 11.7 Å². The first-order valence-electron chi connectivity index (χ1n) is 7.87. The molecular formula is C18H14FN5OS. The molecule has 130 valence electrons. The average molecular weight is 367 g/mol. The number of fused-ring (bicyclic) bond motifs is 1. The average Bonchev–Trinajstić information content (AvgIpc) is 3.25. The molecule has 0 radical (unpaired) electrons. The first-order valence-corrected chi connectivity index (χ1v) is 8.68. The third-order valence-corrected chi connectivity index (χ3v) is 5.44. The Balaban J connectivity index is 1.67. The Labute approximate surface area is 152 Å². The molecule has 0 spiro atoms. The Morgan fingerprint density at radius 3 is 2.81 bits per heavy atom. The molecule has 6 nitrogen and oxygen atoms in total. The van der Waals surface area contributed by atoms with Crippen LogP contribution in [0.5, 0.6) is 0 Å². The molecule has 2 aromatic heterocycles. The van der Waals surface area contributed by atoms with Gasteiger partial charge in [-0.05, 0) is 71.1 Å². The third kappa shape index (κ3) is 2.84. The molecule has 0 aliphatic heterocycles. The number of thiophene rings is 1. The number of halogens is 1. The van der Waals surface area contributed by atoms with E-state index in [9.17, 15) is 9.18 Å². The Hall–Kier alpha value is -3.13. The fraction of sp³-hybridized carbons (Fsp3) is 0.111. The number of nitrogens with zero attached hydrogens (tertiary/aromatic N) is 4. The van der Waals surface area contributed by atoms with E-state index in [0.29, 0.717) is 10.6 Å². The van der Waals surface area contributed by atoms with Crippen LogP contribution in [0.3, 0.4) is 0 Å². The maximum atomic E-state index is 13.5. The number of benzene rings is 2. The van der Waals surface area contributed by atoms with Crippen molar-refractivity contribution in [3.05, 3.63) is 64.5 Å². The second-order valence-corrected chi connectivity index (χ2v) is 6.96. The summed E-state index contributed by atoms with van der Waals surface area (Å²) in [5.41, 5.74) is 3.16. The number of hydrogen-bond donors (Lipinski definition) is 1. The van der Waals surface area contributed by atoms with Crippen LogP contribution >= 0.6 is 11.3 Å². The maximum Gasteiger partial charge on any atom is 0.266 e. The standard InChI is InChI=1S/C18H14FN5OS/c1-10-3-5-13(8-15(10)24-9-20-22-23-24)21-18(25)17-11(2)14-7-12(19)4-6-16(14)26-17/h3-9H,1-2H3,(H,21,25). The molecule has 2 heterocycles. The molecule has 0 fully saturated rings. The van der Waals surface area contributed by atoms with Crippen molar-refractivity contribution >= 4 is 33.0 Å². The second kappa shape index (κ2) is 6.30. The summed E-state index contributed by atoms with van der Waals surface area (Å²) in [5.74, 6) is -0.536. The van der Waals surface area contributed by atoms with Gasteiger partial charge in [0.15, 0.2) is 0 Å². The highest BCUT2D eigenvalue weighted by Crippen LogP contribution is 2.32. The molecule has 0 aliphatic carbocycles. The monoisotopic (exact) mass is 367 g/mol. The van der Waals surface area contributed by atoms with Gasteiger partial charge in [0.1, 0.15) is 12.1 Å². The number of rotatable bonds is 3. The van der Waals surface area contributed by atoms with Gasteiger partial charge in [-0.25, -0.2) is 9.07 Å². The van der Waals surface area contributed by atoms with E-state index in [2.05, 4.69) is 20.8 Å². The highest BCUT2D eigenvalue weighted by molar-refractivity contribution is 7.21. The summed E-state index contributed by atoms with van der Waals surface area (Å²) in [7, 11) is 0. The number of carbonyl (C=O) groups is 1. The summed E-state index contributed by atoms with van der Waals surface area (Å²) in [6.45, 7) is 3.77. The largest absolute Gasteiger partial charge is 0.321 e. The molecule has 0 unspecified atom stereocenters. The number of aryl methyl sites for hydroxylation is 2. The molecule has 0 bridgehead atoms. The van der Waals surface area contributed by atoms with Crippen molar-refractivity contribution in [3.8, 4) is 5.69 Å². The van der Waals surface area contributed by atoms with Gasteiger partial charge in [0.25, 0.3) is 5.91 Å². The molecule has 4 aromatic rings. The quantitative estimate of drug-likeness (QED) is 0.596. The lowest BCUT2D eigenvalue weighted by Gasteiger charge is -2.09. The van der Waals surface area contributed by atoms with E-state index in [1.807, 2.05) is 32.0 Å². The summed E-state index contributed by atoms with van der Waals surface area (Å²) < 4.78 is 15.9. The van der Waals surface area contributed by atoms with Crippen molar-refractivity contribution in [2.45, 2.75) is 13.8 Å². The molecule has 4 rings (SSSR count). The lowest BCUT2D eigenvalue weighted by molar-refractivity contribution is 0.103. The van der Waals surface area contributed by atoms with Gasteiger partial charge in [-0.2, -0.15) is 0 Å². The number of carbonyl (C=O) groups excluding carboxylic acids is 1. The van der Waals surface area contributed by atoms with Gasteiger partial charge in [-0.15, -0.1) is 16.4 Å². The zero-order valence-electron chi connectivity index (χ0n) is 14.0. The molecule has 0 saturated carbocycles. The summed E-state index contributed by atoms with van der Waals surface area (Å²) in [6.07, 6.45) is 1.50. The van der Waals surface area contributed by atoms with Crippen molar-refractivity contribution in [2.24, 2.45) is 0 Å². The Kier molecular flexibility index (Phi) is 3.96. The predicted molar refractivity (Wildman–Crippen MR) is 98.4 cm³/mol. The molecule has 8 heteroatoms. The minimum Gasteiger partial charge on any atom is -0.321 e. The van der Waals surface area contributed by atoms with E-state index in [0.717, 1.165) is 26.9 Å². The number of tetrazole rings is 1. The van der Waals surface area contributed by atoms with E-state index in [4.69, 9.17) is 0 Å². The van der Waals surface area contributed by atoms with E-state index in [1.165, 1.54) is 29.8 Å². The Bertz CT molecular complexity index is 1120. The second-order valence-electron chi connectivity index (χ2n) is 5.91. The Morgan fingerprint density at radius 2 is 2.04 bits per heavy atom. The smallest absolute Gasteiger partial charge is 0.266 e. The van der Waals surface area contributed by atoms with Crippen LogP contribution in [0.2, 0.25) is 0 Å². The van der Waals surface area contributed by atoms with Crippen LogP contribution in [0.15, 0.2) is 42.7 Å². The van der Waals surface area contributed by atoms with Crippen molar-refractivity contribution in [1.82, 2.24) is 20.2 Å². The lowest BCUT2D eigenvalue weighted by Crippen LogP contribution is -2.12. The number of nitrogens with one attached hydrogen (secondary N) is 1. The third-order valence-electron chi connectivity index (χ3n) is 4.17. The van der Waals surface area contributed by atoms with Crippen LogP contribution in [0.4, 0.5) is 10.1 Å². The number of amides is 1. The summed E-state index contributed by atoms with van der Waals surface area (Å²) in [5, 5.41) is 14.8. The van der Waals surface area contributed by atoms with Gasteiger partial charge in [0.05, 0.1) is 10.6 Å². The molecule has 26 heavy (non-hydrogen) atoms. The molecule has 0 aliphatic rings. The molecule has 0 saturated heterocycles. The van der Waals surface area contributed by atoms with Crippen molar-refractivity contribution < 1.29 is 9.18 Å². The van der Waals surface area contributed by atoms with E-state index in [1.54, 1.807) is 10.7 Å². The first kappa shape index (κ1) is 16.3. The van der Waals surface area contributed by atoms with Gasteiger partial charge in [-0.3, -0.25) is 4.79 Å². The van der Waals surface area contributed by atoms with Crippen molar-refractivity contribution in [3.63, 3.8) is 0 Å². The molecule has 1 N–H and O–H groups in total. The van der Waals surface area contributed by atoms with E-state index >= 15 is 0 Å². The first-order chi connectivity index (χ1) is 12.5. The van der Waals surface area contributed by atoms with Crippen LogP contribution < -0.4 is 5.32 Å². The van der Waals surface area contributed by atoms with Gasteiger partial charge < -0.3 is 5.32 Å². The predicted octanol–water partition coefficient (Wildman–Crippen LogP) is 3.89. The molecule has 0 atom stereocenters. The van der Waals surface area contributed by atoms with Gasteiger partial charge in [0, 0.05) is 10.4 Å². The van der Waals surface area contributed by atoms with Crippen LogP contribution in [-0.4, -0.2) is 26.1 Å². The summed E-state index contributed by atoms with van der Waals surface area (Å²) >= 11 is 1.35. The summed E-state index contributed by atoms with van der Waals surface area (Å²) in [4.78, 5) is 13.3. The minimum atomic E-state index is -0.310. The zero-order valence-corrected chi connectivity index (χ0v) is 14.8. The minimum absolute atomic E-state index is 0.226. The SMILES string of the molecule is Cc1ccc(NC(=O)c2sc3ccc(F)cc3c2C)cc1-n1cnnn1. The van der Waals surface area contributed by atoms with Gasteiger partial charge in [0.2, 0.25) is 0 Å². The maximum absolute atomic E-state index is 13.5. The van der Waals surface area contributed by atoms with Crippen LogP contribution in [0.1, 0.15) is 20.8 Å². The van der Waals surface area contributed by atoms with Crippen LogP contribution in [-0.2, 0) is 0 Å². The Morgan fingerprint density at radius 1 is 1.19 bits per heavy atom. The number of anilines is 1. The van der Waals surface area contributed by atoms with Crippen LogP contribution in [0.25, 0.3) is 15.8 Å². The molecular weight excluding hydrogens is 353 g/mol. The van der Waals surface area contributed by atoms with Gasteiger partial charge in [-0.1, -0.05) is 6.07 Å². The van der Waals surface area contributed by atoms with Gasteiger partial charge >= 0.3 is 0 Å². The molecule has 2 aromatic carbocycles. The summed E-state index contributed by atoms with van der Waals surface area (Å²) in [6, 6.07) is 10.1. The van der Waals surface area contributed by atoms with Crippen LogP contribution in [0, 0.1) is 19.7 Å². The highest BCUT2D eigenvalue weighted by atomic mass is 32.1.